The highest BCUT2D eigenvalue weighted by Crippen LogP contribution is 2.19. The molecule has 2 amide bonds. The molecule has 2 aromatic carbocycles. The third kappa shape index (κ3) is 13.9. The molecule has 47 heavy (non-hydrogen) atoms. The Bertz CT molecular complexity index is 1430. The molecule has 0 spiro atoms. The zero-order valence-electron chi connectivity index (χ0n) is 28.6. The smallest absolute Gasteiger partial charge is 0.310 e. The van der Waals surface area contributed by atoms with Gasteiger partial charge in [-0.2, -0.15) is 0 Å². The molecule has 0 bridgehead atoms. The van der Waals surface area contributed by atoms with Crippen LogP contribution in [0.25, 0.3) is 10.8 Å². The number of hydrogen-bond donors (Lipinski definition) is 3. The molecule has 3 atom stereocenters. The summed E-state index contributed by atoms with van der Waals surface area (Å²) < 4.78 is 15.9. The number of esters is 3. The Morgan fingerprint density at radius 2 is 1.36 bits per heavy atom. The van der Waals surface area contributed by atoms with Crippen molar-refractivity contribution in [2.45, 2.75) is 110 Å². The van der Waals surface area contributed by atoms with E-state index in [1.807, 2.05) is 36.4 Å². The molecule has 2 aromatic rings. The third-order valence-electron chi connectivity index (χ3n) is 6.75. The fourth-order valence-electron chi connectivity index (χ4n) is 4.55. The average Bonchev–Trinajstić information content (AvgIpc) is 2.95. The first kappa shape index (κ1) is 38.9. The predicted octanol–water partition coefficient (Wildman–Crippen LogP) is 3.30. The topological polar surface area (TPSA) is 180 Å². The molecule has 4 N–H and O–H groups in total. The number of Topliss-reactive ketones (excluding diaryl/α,β-unsaturated/α-hetero) is 1. The SMILES string of the molecule is CC(C)C(NC(=O)C(N)CCC(=O)OC(C)(C)C)C(=O)NC(CC(=O)OC(C)(C)C)C(=O)COC(=O)Cc1cccc2ccccc12. The standard InChI is InChI=1S/C35H49N3O9/c1-21(2)31(38-32(43)25(36)16-17-28(40)46-34(3,4)5)33(44)37-26(19-30(42)47-35(6,7)8)27(39)20-45-29(41)18-23-14-11-13-22-12-9-10-15-24(22)23/h9-15,21,25-26,31H,16-20,36H2,1-8H3,(H,37,44)(H,38,43). The lowest BCUT2D eigenvalue weighted by Crippen LogP contribution is -2.57. The predicted molar refractivity (Wildman–Crippen MR) is 176 cm³/mol. The minimum Gasteiger partial charge on any atom is -0.460 e. The number of carbonyl (C=O) groups is 6. The summed E-state index contributed by atoms with van der Waals surface area (Å²) in [5.41, 5.74) is 5.17. The Kier molecular flexibility index (Phi) is 14.1. The van der Waals surface area contributed by atoms with Crippen LogP contribution in [0.15, 0.2) is 42.5 Å². The summed E-state index contributed by atoms with van der Waals surface area (Å²) in [7, 11) is 0. The van der Waals surface area contributed by atoms with Crippen LogP contribution in [0.3, 0.4) is 0 Å². The van der Waals surface area contributed by atoms with Gasteiger partial charge in [0.1, 0.15) is 23.3 Å². The number of nitrogens with one attached hydrogen (secondary N) is 2. The second-order valence-corrected chi connectivity index (χ2v) is 13.8. The normalized spacial score (nSPS) is 13.7. The zero-order valence-corrected chi connectivity index (χ0v) is 28.6. The number of hydrogen-bond acceptors (Lipinski definition) is 10. The van der Waals surface area contributed by atoms with Gasteiger partial charge in [0, 0.05) is 6.42 Å². The molecule has 3 unspecified atom stereocenters. The van der Waals surface area contributed by atoms with Crippen molar-refractivity contribution in [1.82, 2.24) is 10.6 Å². The maximum absolute atomic E-state index is 13.4. The van der Waals surface area contributed by atoms with Gasteiger partial charge in [0.2, 0.25) is 11.8 Å². The average molecular weight is 656 g/mol. The van der Waals surface area contributed by atoms with Crippen LogP contribution >= 0.6 is 0 Å². The molecule has 12 nitrogen and oxygen atoms in total. The highest BCUT2D eigenvalue weighted by atomic mass is 16.6. The largest absolute Gasteiger partial charge is 0.460 e. The summed E-state index contributed by atoms with van der Waals surface area (Å²) in [5.74, 6) is -4.56. The van der Waals surface area contributed by atoms with Gasteiger partial charge < -0.3 is 30.6 Å². The first-order chi connectivity index (χ1) is 21.8. The van der Waals surface area contributed by atoms with Crippen LogP contribution in [0, 0.1) is 5.92 Å². The van der Waals surface area contributed by atoms with Gasteiger partial charge in [0.15, 0.2) is 12.4 Å². The monoisotopic (exact) mass is 655 g/mol. The van der Waals surface area contributed by atoms with E-state index in [1.54, 1.807) is 61.5 Å². The third-order valence-corrected chi connectivity index (χ3v) is 6.75. The van der Waals surface area contributed by atoms with Gasteiger partial charge in [-0.05, 0) is 70.2 Å². The number of rotatable bonds is 15. The maximum Gasteiger partial charge on any atom is 0.310 e. The van der Waals surface area contributed by atoms with Gasteiger partial charge >= 0.3 is 17.9 Å². The number of carbonyl (C=O) groups excluding carboxylic acids is 6. The van der Waals surface area contributed by atoms with Crippen molar-refractivity contribution in [2.24, 2.45) is 11.7 Å². The van der Waals surface area contributed by atoms with Crippen LogP contribution < -0.4 is 16.4 Å². The van der Waals surface area contributed by atoms with E-state index in [0.717, 1.165) is 16.3 Å². The molecule has 0 radical (unpaired) electrons. The van der Waals surface area contributed by atoms with Gasteiger partial charge in [-0.3, -0.25) is 28.8 Å². The molecule has 258 valence electrons. The quantitative estimate of drug-likeness (QED) is 0.190. The fourth-order valence-corrected chi connectivity index (χ4v) is 4.55. The Hall–Kier alpha value is -4.32. The van der Waals surface area contributed by atoms with E-state index in [0.29, 0.717) is 0 Å². The van der Waals surface area contributed by atoms with E-state index in [2.05, 4.69) is 10.6 Å². The Labute approximate surface area is 276 Å². The summed E-state index contributed by atoms with van der Waals surface area (Å²) >= 11 is 0. The fraction of sp³-hybridized carbons (Fsp3) is 0.543. The van der Waals surface area contributed by atoms with Gasteiger partial charge in [-0.25, -0.2) is 0 Å². The molecular formula is C35H49N3O9. The van der Waals surface area contributed by atoms with E-state index in [9.17, 15) is 28.8 Å². The van der Waals surface area contributed by atoms with Crippen LogP contribution in [0.1, 0.15) is 80.2 Å². The van der Waals surface area contributed by atoms with Crippen molar-refractivity contribution in [3.05, 3.63) is 48.0 Å². The Morgan fingerprint density at radius 3 is 1.98 bits per heavy atom. The van der Waals surface area contributed by atoms with Crippen molar-refractivity contribution in [1.29, 1.82) is 0 Å². The first-order valence-corrected chi connectivity index (χ1v) is 15.7. The van der Waals surface area contributed by atoms with Gasteiger partial charge in [-0.15, -0.1) is 0 Å². The summed E-state index contributed by atoms with van der Waals surface area (Å²) in [6, 6.07) is 9.41. The molecule has 0 aliphatic carbocycles. The van der Waals surface area contributed by atoms with Crippen LogP contribution in [0.5, 0.6) is 0 Å². The summed E-state index contributed by atoms with van der Waals surface area (Å²) in [6.45, 7) is 12.8. The lowest BCUT2D eigenvalue weighted by atomic mass is 10.0. The molecule has 0 saturated carbocycles. The van der Waals surface area contributed by atoms with Crippen molar-refractivity contribution < 1.29 is 43.0 Å². The molecule has 0 aromatic heterocycles. The number of ether oxygens (including phenoxy) is 3. The zero-order chi connectivity index (χ0) is 35.5. The van der Waals surface area contributed by atoms with E-state index in [1.165, 1.54) is 0 Å². The molecule has 0 aliphatic rings. The van der Waals surface area contributed by atoms with E-state index in [-0.39, 0.29) is 19.3 Å². The molecular weight excluding hydrogens is 606 g/mol. The molecule has 0 heterocycles. The minimum atomic E-state index is -1.42. The highest BCUT2D eigenvalue weighted by Gasteiger charge is 2.33. The van der Waals surface area contributed by atoms with Crippen molar-refractivity contribution >= 4 is 46.3 Å². The van der Waals surface area contributed by atoms with E-state index >= 15 is 0 Å². The molecule has 0 fully saturated rings. The van der Waals surface area contributed by atoms with E-state index < -0.39 is 83.8 Å². The summed E-state index contributed by atoms with van der Waals surface area (Å²) in [5, 5.41) is 6.92. The number of fused-ring (bicyclic) bond motifs is 1. The number of amides is 2. The van der Waals surface area contributed by atoms with Gasteiger partial charge in [0.05, 0.1) is 18.9 Å². The Morgan fingerprint density at radius 1 is 0.766 bits per heavy atom. The summed E-state index contributed by atoms with van der Waals surface area (Å²) in [6.07, 6.45) is -0.739. The van der Waals surface area contributed by atoms with Crippen LogP contribution in [-0.4, -0.2) is 71.4 Å². The van der Waals surface area contributed by atoms with Gasteiger partial charge in [0.25, 0.3) is 0 Å². The van der Waals surface area contributed by atoms with Crippen LogP contribution in [0.4, 0.5) is 0 Å². The van der Waals surface area contributed by atoms with Gasteiger partial charge in [-0.1, -0.05) is 56.3 Å². The van der Waals surface area contributed by atoms with Crippen molar-refractivity contribution in [3.8, 4) is 0 Å². The Balaban J connectivity index is 2.10. The first-order valence-electron chi connectivity index (χ1n) is 15.7. The van der Waals surface area contributed by atoms with Crippen LogP contribution in [0.2, 0.25) is 0 Å². The van der Waals surface area contributed by atoms with Crippen molar-refractivity contribution in [2.75, 3.05) is 6.61 Å². The number of nitrogens with two attached hydrogens (primary N) is 1. The molecule has 0 aliphatic heterocycles. The second-order valence-electron chi connectivity index (χ2n) is 13.8. The number of ketones is 1. The van der Waals surface area contributed by atoms with Crippen LogP contribution in [-0.2, 0) is 49.4 Å². The minimum absolute atomic E-state index is 0.0168. The highest BCUT2D eigenvalue weighted by molar-refractivity contribution is 5.97. The lowest BCUT2D eigenvalue weighted by Gasteiger charge is -2.27. The second kappa shape index (κ2) is 17.0. The number of benzene rings is 2. The molecule has 12 heteroatoms. The molecule has 2 rings (SSSR count). The maximum atomic E-state index is 13.4. The van der Waals surface area contributed by atoms with Crippen molar-refractivity contribution in [3.63, 3.8) is 0 Å². The van der Waals surface area contributed by atoms with E-state index in [4.69, 9.17) is 19.9 Å². The summed E-state index contributed by atoms with van der Waals surface area (Å²) in [4.78, 5) is 77.0. The lowest BCUT2D eigenvalue weighted by molar-refractivity contribution is -0.157. The molecule has 0 saturated heterocycles.